The van der Waals surface area contributed by atoms with Crippen molar-refractivity contribution in [3.05, 3.63) is 35.4 Å². The molecule has 1 aromatic carbocycles. The van der Waals surface area contributed by atoms with Gasteiger partial charge in [-0.25, -0.2) is 0 Å². The lowest BCUT2D eigenvalue weighted by molar-refractivity contribution is 0.201. The molecule has 3 heteroatoms. The number of rotatable bonds is 8. The standard InChI is InChI=1S/C16H29N3/c1-5-19(11-7-10-18(3)4)16(13-17)15-9-6-8-14(2)12-15/h6,8-9,12,16H,5,7,10-11,13,17H2,1-4H3. The van der Waals surface area contributed by atoms with Gasteiger partial charge >= 0.3 is 0 Å². The molecule has 19 heavy (non-hydrogen) atoms. The van der Waals surface area contributed by atoms with Crippen LogP contribution < -0.4 is 5.73 Å². The van der Waals surface area contributed by atoms with Crippen LogP contribution in [0.2, 0.25) is 0 Å². The van der Waals surface area contributed by atoms with E-state index >= 15 is 0 Å². The predicted octanol–water partition coefficient (Wildman–Crippen LogP) is 2.27. The fourth-order valence-electron chi connectivity index (χ4n) is 2.50. The maximum Gasteiger partial charge on any atom is 0.0470 e. The highest BCUT2D eigenvalue weighted by Gasteiger charge is 2.17. The third kappa shape index (κ3) is 5.31. The molecular formula is C16H29N3. The monoisotopic (exact) mass is 263 g/mol. The second-order valence-electron chi connectivity index (χ2n) is 5.45. The number of hydrogen-bond acceptors (Lipinski definition) is 3. The number of nitrogens with two attached hydrogens (primary N) is 1. The third-order valence-corrected chi connectivity index (χ3v) is 3.55. The van der Waals surface area contributed by atoms with Crippen LogP contribution in [0.5, 0.6) is 0 Å². The average Bonchev–Trinajstić information content (AvgIpc) is 2.37. The van der Waals surface area contributed by atoms with Gasteiger partial charge in [-0.1, -0.05) is 36.8 Å². The molecule has 0 fully saturated rings. The first kappa shape index (κ1) is 16.2. The van der Waals surface area contributed by atoms with Gasteiger partial charge in [-0.15, -0.1) is 0 Å². The van der Waals surface area contributed by atoms with Crippen LogP contribution in [0.3, 0.4) is 0 Å². The second kappa shape index (κ2) is 8.31. The first-order valence-electron chi connectivity index (χ1n) is 7.23. The number of nitrogens with zero attached hydrogens (tertiary/aromatic N) is 2. The summed E-state index contributed by atoms with van der Waals surface area (Å²) >= 11 is 0. The van der Waals surface area contributed by atoms with Crippen LogP contribution in [-0.4, -0.2) is 50.1 Å². The number of benzene rings is 1. The van der Waals surface area contributed by atoms with E-state index in [0.29, 0.717) is 12.6 Å². The van der Waals surface area contributed by atoms with Crippen molar-refractivity contribution >= 4 is 0 Å². The Labute approximate surface area is 118 Å². The zero-order chi connectivity index (χ0) is 14.3. The minimum absolute atomic E-state index is 0.340. The SMILES string of the molecule is CCN(CCCN(C)C)C(CN)c1cccc(C)c1. The van der Waals surface area contributed by atoms with E-state index in [1.165, 1.54) is 17.5 Å². The van der Waals surface area contributed by atoms with Crippen molar-refractivity contribution < 1.29 is 0 Å². The quantitative estimate of drug-likeness (QED) is 0.781. The van der Waals surface area contributed by atoms with Gasteiger partial charge in [-0.05, 0) is 46.1 Å². The Morgan fingerprint density at radius 1 is 1.21 bits per heavy atom. The van der Waals surface area contributed by atoms with Crippen molar-refractivity contribution in [3.8, 4) is 0 Å². The predicted molar refractivity (Wildman–Crippen MR) is 83.4 cm³/mol. The molecule has 1 aromatic rings. The number of likely N-dealkylation sites (N-methyl/N-ethyl adjacent to an activating group) is 1. The molecule has 0 radical (unpaired) electrons. The summed E-state index contributed by atoms with van der Waals surface area (Å²) in [5.74, 6) is 0. The summed E-state index contributed by atoms with van der Waals surface area (Å²) in [6.07, 6.45) is 1.18. The van der Waals surface area contributed by atoms with Crippen LogP contribution in [-0.2, 0) is 0 Å². The molecule has 0 aliphatic carbocycles. The van der Waals surface area contributed by atoms with E-state index in [4.69, 9.17) is 5.73 Å². The number of hydrogen-bond donors (Lipinski definition) is 1. The highest BCUT2D eigenvalue weighted by atomic mass is 15.2. The highest BCUT2D eigenvalue weighted by molar-refractivity contribution is 5.25. The summed E-state index contributed by atoms with van der Waals surface area (Å²) in [5, 5.41) is 0. The number of aryl methyl sites for hydroxylation is 1. The van der Waals surface area contributed by atoms with Crippen molar-refractivity contribution in [2.24, 2.45) is 5.73 Å². The summed E-state index contributed by atoms with van der Waals surface area (Å²) in [6.45, 7) is 8.31. The molecule has 0 aliphatic rings. The van der Waals surface area contributed by atoms with Gasteiger partial charge in [-0.2, -0.15) is 0 Å². The van der Waals surface area contributed by atoms with Gasteiger partial charge in [0.05, 0.1) is 0 Å². The van der Waals surface area contributed by atoms with Gasteiger partial charge in [0.2, 0.25) is 0 Å². The molecule has 2 N–H and O–H groups in total. The van der Waals surface area contributed by atoms with E-state index in [-0.39, 0.29) is 0 Å². The lowest BCUT2D eigenvalue weighted by atomic mass is 10.0. The Hall–Kier alpha value is -0.900. The molecule has 0 spiro atoms. The molecule has 0 heterocycles. The summed E-state index contributed by atoms with van der Waals surface area (Å²) in [5.41, 5.74) is 8.66. The Kier molecular flexibility index (Phi) is 7.06. The molecule has 0 saturated carbocycles. The van der Waals surface area contributed by atoms with Crippen molar-refractivity contribution in [1.29, 1.82) is 0 Å². The van der Waals surface area contributed by atoms with E-state index in [9.17, 15) is 0 Å². The molecular weight excluding hydrogens is 234 g/mol. The normalized spacial score (nSPS) is 13.2. The summed E-state index contributed by atoms with van der Waals surface area (Å²) in [6, 6.07) is 9.05. The molecule has 0 bridgehead atoms. The van der Waals surface area contributed by atoms with Crippen molar-refractivity contribution in [1.82, 2.24) is 9.80 Å². The Morgan fingerprint density at radius 3 is 2.47 bits per heavy atom. The highest BCUT2D eigenvalue weighted by Crippen LogP contribution is 2.20. The van der Waals surface area contributed by atoms with Gasteiger partial charge in [0, 0.05) is 19.1 Å². The lowest BCUT2D eigenvalue weighted by Gasteiger charge is -2.30. The molecule has 1 unspecified atom stereocenters. The second-order valence-corrected chi connectivity index (χ2v) is 5.45. The summed E-state index contributed by atoms with van der Waals surface area (Å²) in [7, 11) is 4.24. The van der Waals surface area contributed by atoms with E-state index in [1.807, 2.05) is 0 Å². The van der Waals surface area contributed by atoms with Crippen LogP contribution in [0.1, 0.15) is 30.5 Å². The van der Waals surface area contributed by atoms with Gasteiger partial charge in [-0.3, -0.25) is 4.90 Å². The smallest absolute Gasteiger partial charge is 0.0470 e. The van der Waals surface area contributed by atoms with Crippen LogP contribution >= 0.6 is 0 Å². The topological polar surface area (TPSA) is 32.5 Å². The first-order chi connectivity index (χ1) is 9.08. The Bertz CT molecular complexity index is 363. The Morgan fingerprint density at radius 2 is 1.95 bits per heavy atom. The first-order valence-corrected chi connectivity index (χ1v) is 7.23. The fraction of sp³-hybridized carbons (Fsp3) is 0.625. The third-order valence-electron chi connectivity index (χ3n) is 3.55. The van der Waals surface area contributed by atoms with Crippen molar-refractivity contribution in [2.75, 3.05) is 40.3 Å². The summed E-state index contributed by atoms with van der Waals surface area (Å²) < 4.78 is 0. The van der Waals surface area contributed by atoms with E-state index in [2.05, 4.69) is 62.0 Å². The Balaban J connectivity index is 2.69. The van der Waals surface area contributed by atoms with E-state index < -0.39 is 0 Å². The van der Waals surface area contributed by atoms with Crippen LogP contribution in [0.4, 0.5) is 0 Å². The van der Waals surface area contributed by atoms with Crippen molar-refractivity contribution in [3.63, 3.8) is 0 Å². The van der Waals surface area contributed by atoms with Crippen LogP contribution in [0, 0.1) is 6.92 Å². The maximum absolute atomic E-state index is 6.01. The molecule has 108 valence electrons. The zero-order valence-electron chi connectivity index (χ0n) is 12.9. The molecule has 0 saturated heterocycles. The summed E-state index contributed by atoms with van der Waals surface area (Å²) in [4.78, 5) is 4.72. The van der Waals surface area contributed by atoms with E-state index in [1.54, 1.807) is 0 Å². The van der Waals surface area contributed by atoms with Gasteiger partial charge in [0.1, 0.15) is 0 Å². The minimum Gasteiger partial charge on any atom is -0.329 e. The lowest BCUT2D eigenvalue weighted by Crippen LogP contribution is -2.35. The maximum atomic E-state index is 6.01. The van der Waals surface area contributed by atoms with Gasteiger partial charge in [0.25, 0.3) is 0 Å². The molecule has 0 aromatic heterocycles. The molecule has 1 rings (SSSR count). The van der Waals surface area contributed by atoms with E-state index in [0.717, 1.165) is 19.6 Å². The molecule has 0 aliphatic heterocycles. The largest absolute Gasteiger partial charge is 0.329 e. The van der Waals surface area contributed by atoms with Crippen LogP contribution in [0.25, 0.3) is 0 Å². The van der Waals surface area contributed by atoms with Crippen molar-refractivity contribution in [2.45, 2.75) is 26.3 Å². The minimum atomic E-state index is 0.340. The van der Waals surface area contributed by atoms with Gasteiger partial charge in [0.15, 0.2) is 0 Å². The van der Waals surface area contributed by atoms with Crippen LogP contribution in [0.15, 0.2) is 24.3 Å². The molecule has 0 amide bonds. The average molecular weight is 263 g/mol. The molecule has 1 atom stereocenters. The zero-order valence-corrected chi connectivity index (χ0v) is 12.9. The fourth-order valence-corrected chi connectivity index (χ4v) is 2.50. The van der Waals surface area contributed by atoms with Gasteiger partial charge < -0.3 is 10.6 Å². The molecule has 3 nitrogen and oxygen atoms in total.